The molecule has 0 bridgehead atoms. The summed E-state index contributed by atoms with van der Waals surface area (Å²) < 4.78 is 13.3. The number of nitrogens with zero attached hydrogens (tertiary/aromatic N) is 1. The molecule has 1 aromatic rings. The van der Waals surface area contributed by atoms with Crippen LogP contribution in [0.2, 0.25) is 0 Å². The van der Waals surface area contributed by atoms with Crippen LogP contribution in [0.15, 0.2) is 18.2 Å². The fourth-order valence-corrected chi connectivity index (χ4v) is 2.62. The number of hydrogen-bond acceptors (Lipinski definition) is 3. The van der Waals surface area contributed by atoms with Gasteiger partial charge in [-0.2, -0.15) is 0 Å². The van der Waals surface area contributed by atoms with Gasteiger partial charge in [0.25, 0.3) is 0 Å². The van der Waals surface area contributed by atoms with Gasteiger partial charge in [-0.15, -0.1) is 0 Å². The molecule has 104 valence electrons. The van der Waals surface area contributed by atoms with Gasteiger partial charge >= 0.3 is 5.97 Å². The molecule has 1 saturated heterocycles. The molecule has 5 heteroatoms. The number of carbonyl (C=O) groups is 1. The van der Waals surface area contributed by atoms with E-state index in [1.54, 1.807) is 0 Å². The SMILES string of the molecule is O=C(O)C(c1cc(O)cc(F)c1)N1CCCCCC1. The van der Waals surface area contributed by atoms with Crippen molar-refractivity contribution in [3.63, 3.8) is 0 Å². The number of likely N-dealkylation sites (tertiary alicyclic amines) is 1. The second-order valence-corrected chi connectivity index (χ2v) is 4.93. The summed E-state index contributed by atoms with van der Waals surface area (Å²) in [5.41, 5.74) is 0.298. The van der Waals surface area contributed by atoms with Gasteiger partial charge in [0.1, 0.15) is 17.6 Å². The Kier molecular flexibility index (Phi) is 4.37. The van der Waals surface area contributed by atoms with E-state index in [1.807, 2.05) is 4.90 Å². The first-order valence-electron chi connectivity index (χ1n) is 6.54. The molecule has 19 heavy (non-hydrogen) atoms. The van der Waals surface area contributed by atoms with Crippen molar-refractivity contribution in [3.05, 3.63) is 29.6 Å². The molecule has 0 amide bonds. The third kappa shape index (κ3) is 3.44. The number of phenolic OH excluding ortho intramolecular Hbond substituents is 1. The molecule has 1 unspecified atom stereocenters. The van der Waals surface area contributed by atoms with E-state index < -0.39 is 17.8 Å². The number of hydrogen-bond donors (Lipinski definition) is 2. The molecule has 1 fully saturated rings. The van der Waals surface area contributed by atoms with Crippen molar-refractivity contribution >= 4 is 5.97 Å². The summed E-state index contributed by atoms with van der Waals surface area (Å²) in [7, 11) is 0. The zero-order valence-corrected chi connectivity index (χ0v) is 10.7. The maximum atomic E-state index is 13.3. The first-order chi connectivity index (χ1) is 9.08. The Morgan fingerprint density at radius 2 is 1.79 bits per heavy atom. The highest BCUT2D eigenvalue weighted by atomic mass is 19.1. The third-order valence-electron chi connectivity index (χ3n) is 3.46. The van der Waals surface area contributed by atoms with Crippen LogP contribution in [0.5, 0.6) is 5.75 Å². The van der Waals surface area contributed by atoms with E-state index in [4.69, 9.17) is 0 Å². The molecule has 2 N–H and O–H groups in total. The van der Waals surface area contributed by atoms with Crippen LogP contribution in [0.4, 0.5) is 4.39 Å². The van der Waals surface area contributed by atoms with E-state index in [2.05, 4.69) is 0 Å². The lowest BCUT2D eigenvalue weighted by Gasteiger charge is -2.27. The second kappa shape index (κ2) is 6.02. The fourth-order valence-electron chi connectivity index (χ4n) is 2.62. The monoisotopic (exact) mass is 267 g/mol. The molecular weight excluding hydrogens is 249 g/mol. The molecule has 0 saturated carbocycles. The highest BCUT2D eigenvalue weighted by Crippen LogP contribution is 2.27. The van der Waals surface area contributed by atoms with Crippen LogP contribution >= 0.6 is 0 Å². The highest BCUT2D eigenvalue weighted by Gasteiger charge is 2.28. The summed E-state index contributed by atoms with van der Waals surface area (Å²) in [5.74, 6) is -1.86. The minimum atomic E-state index is -1.01. The summed E-state index contributed by atoms with van der Waals surface area (Å²) in [5, 5.41) is 18.8. The predicted octanol–water partition coefficient (Wildman–Crippen LogP) is 2.53. The molecule has 1 aliphatic rings. The van der Waals surface area contributed by atoms with Gasteiger partial charge in [-0.05, 0) is 43.6 Å². The number of carboxylic acid groups (broad SMARTS) is 1. The molecule has 4 nitrogen and oxygen atoms in total. The molecule has 1 aliphatic heterocycles. The molecule has 1 heterocycles. The number of aliphatic carboxylic acids is 1. The Labute approximate surface area is 111 Å². The van der Waals surface area contributed by atoms with Crippen LogP contribution in [-0.4, -0.2) is 34.2 Å². The Bertz CT molecular complexity index is 436. The Hall–Kier alpha value is -1.62. The summed E-state index contributed by atoms with van der Waals surface area (Å²) in [6.07, 6.45) is 4.09. The van der Waals surface area contributed by atoms with E-state index in [9.17, 15) is 19.4 Å². The number of phenols is 1. The normalized spacial score (nSPS) is 18.8. The Morgan fingerprint density at radius 3 is 2.32 bits per heavy atom. The number of rotatable bonds is 3. The molecule has 2 rings (SSSR count). The lowest BCUT2D eigenvalue weighted by atomic mass is 10.0. The molecule has 1 atom stereocenters. The van der Waals surface area contributed by atoms with Crippen LogP contribution in [-0.2, 0) is 4.79 Å². The van der Waals surface area contributed by atoms with Crippen LogP contribution in [0.3, 0.4) is 0 Å². The maximum absolute atomic E-state index is 13.3. The second-order valence-electron chi connectivity index (χ2n) is 4.93. The lowest BCUT2D eigenvalue weighted by molar-refractivity contribution is -0.143. The zero-order chi connectivity index (χ0) is 13.8. The first-order valence-corrected chi connectivity index (χ1v) is 6.54. The molecule has 0 aliphatic carbocycles. The minimum Gasteiger partial charge on any atom is -0.508 e. The van der Waals surface area contributed by atoms with E-state index in [0.717, 1.165) is 31.7 Å². The van der Waals surface area contributed by atoms with Crippen molar-refractivity contribution in [2.75, 3.05) is 13.1 Å². The molecule has 0 radical (unpaired) electrons. The third-order valence-corrected chi connectivity index (χ3v) is 3.46. The van der Waals surface area contributed by atoms with E-state index in [1.165, 1.54) is 12.1 Å². The quantitative estimate of drug-likeness (QED) is 0.883. The summed E-state index contributed by atoms with van der Waals surface area (Å²) in [4.78, 5) is 13.3. The van der Waals surface area contributed by atoms with Crippen molar-refractivity contribution in [2.45, 2.75) is 31.7 Å². The summed E-state index contributed by atoms with van der Waals surface area (Å²) in [6, 6.07) is 2.60. The van der Waals surface area contributed by atoms with Gasteiger partial charge < -0.3 is 10.2 Å². The van der Waals surface area contributed by atoms with E-state index in [-0.39, 0.29) is 5.75 Å². The van der Waals surface area contributed by atoms with Crippen LogP contribution in [0, 0.1) is 5.82 Å². The van der Waals surface area contributed by atoms with E-state index >= 15 is 0 Å². The minimum absolute atomic E-state index is 0.240. The van der Waals surface area contributed by atoms with Crippen molar-refractivity contribution in [1.82, 2.24) is 4.90 Å². The van der Waals surface area contributed by atoms with Gasteiger partial charge in [-0.3, -0.25) is 9.69 Å². The van der Waals surface area contributed by atoms with E-state index in [0.29, 0.717) is 18.7 Å². The average molecular weight is 267 g/mol. The molecule has 0 aromatic heterocycles. The van der Waals surface area contributed by atoms with Crippen LogP contribution < -0.4 is 0 Å². The average Bonchev–Trinajstić information content (AvgIpc) is 2.56. The van der Waals surface area contributed by atoms with Crippen molar-refractivity contribution in [1.29, 1.82) is 0 Å². The fraction of sp³-hybridized carbons (Fsp3) is 0.500. The number of aromatic hydroxyl groups is 1. The van der Waals surface area contributed by atoms with Crippen molar-refractivity contribution in [2.24, 2.45) is 0 Å². The first kappa shape index (κ1) is 13.8. The van der Waals surface area contributed by atoms with Gasteiger partial charge in [-0.1, -0.05) is 12.8 Å². The van der Waals surface area contributed by atoms with Crippen molar-refractivity contribution < 1.29 is 19.4 Å². The summed E-state index contributed by atoms with van der Waals surface area (Å²) in [6.45, 7) is 1.38. The van der Waals surface area contributed by atoms with Crippen LogP contribution in [0.25, 0.3) is 0 Å². The maximum Gasteiger partial charge on any atom is 0.325 e. The highest BCUT2D eigenvalue weighted by molar-refractivity contribution is 5.75. The zero-order valence-electron chi connectivity index (χ0n) is 10.7. The van der Waals surface area contributed by atoms with Gasteiger partial charge in [0.05, 0.1) is 0 Å². The Morgan fingerprint density at radius 1 is 1.16 bits per heavy atom. The smallest absolute Gasteiger partial charge is 0.325 e. The van der Waals surface area contributed by atoms with Crippen LogP contribution in [0.1, 0.15) is 37.3 Å². The van der Waals surface area contributed by atoms with Gasteiger partial charge in [0.15, 0.2) is 0 Å². The summed E-state index contributed by atoms with van der Waals surface area (Å²) >= 11 is 0. The van der Waals surface area contributed by atoms with Gasteiger partial charge in [0.2, 0.25) is 0 Å². The molecular formula is C14H18FNO3. The topological polar surface area (TPSA) is 60.8 Å². The lowest BCUT2D eigenvalue weighted by Crippen LogP contribution is -2.35. The standard InChI is InChI=1S/C14H18FNO3/c15-11-7-10(8-12(17)9-11)13(14(18)19)16-5-3-1-2-4-6-16/h7-9,13,17H,1-6H2,(H,18,19). The number of halogens is 1. The predicted molar refractivity (Wildman–Crippen MR) is 68.5 cm³/mol. The van der Waals surface area contributed by atoms with Gasteiger partial charge in [-0.25, -0.2) is 4.39 Å². The van der Waals surface area contributed by atoms with Gasteiger partial charge in [0, 0.05) is 6.07 Å². The number of carboxylic acids is 1. The Balaban J connectivity index is 2.30. The largest absolute Gasteiger partial charge is 0.508 e. The van der Waals surface area contributed by atoms with Crippen molar-refractivity contribution in [3.8, 4) is 5.75 Å². The molecule has 1 aromatic carbocycles. The number of benzene rings is 1. The molecule has 0 spiro atoms.